The number of hydrogen-bond donors (Lipinski definition) is 1. The molecule has 1 heterocycles. The molecule has 5 heteroatoms. The second-order valence-electron chi connectivity index (χ2n) is 4.47. The van der Waals surface area contributed by atoms with Crippen LogP contribution in [0.3, 0.4) is 0 Å². The van der Waals surface area contributed by atoms with Gasteiger partial charge in [0.15, 0.2) is 9.84 Å². The molecule has 1 unspecified atom stereocenters. The minimum absolute atomic E-state index is 0.333. The molecule has 1 atom stereocenters. The van der Waals surface area contributed by atoms with Crippen LogP contribution >= 0.6 is 0 Å². The van der Waals surface area contributed by atoms with Crippen LogP contribution in [0.15, 0.2) is 0 Å². The summed E-state index contributed by atoms with van der Waals surface area (Å²) in [5, 5.41) is 3.14. The Bertz CT molecular complexity index is 277. The number of nitrogens with one attached hydrogen (secondary N) is 1. The first-order valence-electron chi connectivity index (χ1n) is 5.61. The van der Waals surface area contributed by atoms with Crippen LogP contribution in [0.2, 0.25) is 0 Å². The molecule has 1 fully saturated rings. The highest BCUT2D eigenvalue weighted by Crippen LogP contribution is 2.07. The standard InChI is InChI=1S/C10H22N2O2S/c1-10(8-11-2)9-12-4-3-6-15(13,14)7-5-12/h10-11H,3-9H2,1-2H3. The Balaban J connectivity index is 2.38. The lowest BCUT2D eigenvalue weighted by molar-refractivity contribution is 0.252. The van der Waals surface area contributed by atoms with Crippen molar-refractivity contribution < 1.29 is 8.42 Å². The van der Waals surface area contributed by atoms with Gasteiger partial charge in [-0.15, -0.1) is 0 Å². The highest BCUT2D eigenvalue weighted by atomic mass is 32.2. The van der Waals surface area contributed by atoms with Crippen molar-refractivity contribution in [3.8, 4) is 0 Å². The fraction of sp³-hybridized carbons (Fsp3) is 1.00. The van der Waals surface area contributed by atoms with Gasteiger partial charge < -0.3 is 10.2 Å². The van der Waals surface area contributed by atoms with Gasteiger partial charge in [0.2, 0.25) is 0 Å². The maximum absolute atomic E-state index is 11.4. The van der Waals surface area contributed by atoms with E-state index in [2.05, 4.69) is 17.1 Å². The zero-order valence-electron chi connectivity index (χ0n) is 9.70. The summed E-state index contributed by atoms with van der Waals surface area (Å²) >= 11 is 0. The summed E-state index contributed by atoms with van der Waals surface area (Å²) in [6.07, 6.45) is 0.786. The smallest absolute Gasteiger partial charge is 0.151 e. The molecule has 15 heavy (non-hydrogen) atoms. The molecule has 0 saturated carbocycles. The summed E-state index contributed by atoms with van der Waals surface area (Å²) in [5.74, 6) is 1.28. The quantitative estimate of drug-likeness (QED) is 0.742. The van der Waals surface area contributed by atoms with E-state index in [4.69, 9.17) is 0 Å². The van der Waals surface area contributed by atoms with Gasteiger partial charge in [-0.3, -0.25) is 0 Å². The van der Waals surface area contributed by atoms with Crippen LogP contribution in [0.4, 0.5) is 0 Å². The molecule has 0 aromatic heterocycles. The third-order valence-corrected chi connectivity index (χ3v) is 4.49. The first-order valence-corrected chi connectivity index (χ1v) is 7.43. The van der Waals surface area contributed by atoms with E-state index < -0.39 is 9.84 Å². The molecule has 1 rings (SSSR count). The molecule has 0 aliphatic carbocycles. The average Bonchev–Trinajstić information content (AvgIpc) is 2.28. The van der Waals surface area contributed by atoms with Crippen molar-refractivity contribution in [3.05, 3.63) is 0 Å². The maximum Gasteiger partial charge on any atom is 0.151 e. The van der Waals surface area contributed by atoms with Crippen molar-refractivity contribution >= 4 is 9.84 Å². The summed E-state index contributed by atoms with van der Waals surface area (Å²) in [6, 6.07) is 0. The average molecular weight is 234 g/mol. The van der Waals surface area contributed by atoms with Crippen LogP contribution in [0.5, 0.6) is 0 Å². The van der Waals surface area contributed by atoms with E-state index in [-0.39, 0.29) is 0 Å². The third kappa shape index (κ3) is 4.95. The molecule has 90 valence electrons. The van der Waals surface area contributed by atoms with E-state index in [0.29, 0.717) is 24.0 Å². The Morgan fingerprint density at radius 2 is 2.07 bits per heavy atom. The summed E-state index contributed by atoms with van der Waals surface area (Å²) in [4.78, 5) is 2.27. The van der Waals surface area contributed by atoms with Crippen molar-refractivity contribution in [2.45, 2.75) is 13.3 Å². The Morgan fingerprint density at radius 1 is 1.33 bits per heavy atom. The fourth-order valence-electron chi connectivity index (χ4n) is 2.03. The molecule has 0 radical (unpaired) electrons. The van der Waals surface area contributed by atoms with Crippen molar-refractivity contribution in [2.75, 3.05) is 44.7 Å². The first kappa shape index (κ1) is 12.9. The van der Waals surface area contributed by atoms with Gasteiger partial charge in [0.05, 0.1) is 11.5 Å². The van der Waals surface area contributed by atoms with Gasteiger partial charge in [0.25, 0.3) is 0 Å². The second kappa shape index (κ2) is 5.82. The topological polar surface area (TPSA) is 49.4 Å². The van der Waals surface area contributed by atoms with E-state index in [0.717, 1.165) is 26.1 Å². The van der Waals surface area contributed by atoms with E-state index in [9.17, 15) is 8.42 Å². The maximum atomic E-state index is 11.4. The zero-order chi connectivity index (χ0) is 11.3. The normalized spacial score (nSPS) is 24.7. The molecule has 1 aliphatic rings. The Kier molecular flexibility index (Phi) is 5.02. The van der Waals surface area contributed by atoms with Crippen LogP contribution < -0.4 is 5.32 Å². The van der Waals surface area contributed by atoms with E-state index in [1.807, 2.05) is 7.05 Å². The third-order valence-electron chi connectivity index (χ3n) is 2.77. The molecule has 4 nitrogen and oxygen atoms in total. The molecular formula is C10H22N2O2S. The van der Waals surface area contributed by atoms with Gasteiger partial charge in [0, 0.05) is 13.1 Å². The van der Waals surface area contributed by atoms with Gasteiger partial charge in [0.1, 0.15) is 0 Å². The summed E-state index contributed by atoms with van der Waals surface area (Å²) in [6.45, 7) is 5.80. The SMILES string of the molecule is CNCC(C)CN1CCCS(=O)(=O)CC1. The van der Waals surface area contributed by atoms with Gasteiger partial charge in [-0.2, -0.15) is 0 Å². The summed E-state index contributed by atoms with van der Waals surface area (Å²) in [5.41, 5.74) is 0. The minimum atomic E-state index is -2.76. The molecule has 0 bridgehead atoms. The summed E-state index contributed by atoms with van der Waals surface area (Å²) in [7, 11) is -0.810. The monoisotopic (exact) mass is 234 g/mol. The lowest BCUT2D eigenvalue weighted by Gasteiger charge is -2.23. The van der Waals surface area contributed by atoms with Crippen molar-refractivity contribution in [3.63, 3.8) is 0 Å². The van der Waals surface area contributed by atoms with Crippen molar-refractivity contribution in [1.29, 1.82) is 0 Å². The van der Waals surface area contributed by atoms with Crippen LogP contribution in [-0.4, -0.2) is 58.1 Å². The van der Waals surface area contributed by atoms with E-state index in [1.54, 1.807) is 0 Å². The first-order chi connectivity index (χ1) is 7.03. The Morgan fingerprint density at radius 3 is 2.73 bits per heavy atom. The highest BCUT2D eigenvalue weighted by Gasteiger charge is 2.19. The van der Waals surface area contributed by atoms with Crippen LogP contribution in [0, 0.1) is 5.92 Å². The Hall–Kier alpha value is -0.130. The van der Waals surface area contributed by atoms with E-state index >= 15 is 0 Å². The molecule has 1 saturated heterocycles. The summed E-state index contributed by atoms with van der Waals surface area (Å²) < 4.78 is 22.8. The van der Waals surface area contributed by atoms with Gasteiger partial charge >= 0.3 is 0 Å². The van der Waals surface area contributed by atoms with Crippen molar-refractivity contribution in [2.24, 2.45) is 5.92 Å². The lowest BCUT2D eigenvalue weighted by Crippen LogP contribution is -2.34. The van der Waals surface area contributed by atoms with Crippen LogP contribution in [0.25, 0.3) is 0 Å². The fourth-order valence-corrected chi connectivity index (χ4v) is 3.34. The van der Waals surface area contributed by atoms with Gasteiger partial charge in [-0.25, -0.2) is 8.42 Å². The second-order valence-corrected chi connectivity index (χ2v) is 6.77. The van der Waals surface area contributed by atoms with Gasteiger partial charge in [-0.1, -0.05) is 6.92 Å². The highest BCUT2D eigenvalue weighted by molar-refractivity contribution is 7.91. The minimum Gasteiger partial charge on any atom is -0.319 e. The predicted molar refractivity (Wildman–Crippen MR) is 62.8 cm³/mol. The molecule has 0 aromatic rings. The molecule has 0 amide bonds. The Labute approximate surface area is 93.0 Å². The largest absolute Gasteiger partial charge is 0.319 e. The number of sulfone groups is 1. The number of rotatable bonds is 4. The van der Waals surface area contributed by atoms with Crippen LogP contribution in [0.1, 0.15) is 13.3 Å². The zero-order valence-corrected chi connectivity index (χ0v) is 10.5. The number of nitrogens with zero attached hydrogens (tertiary/aromatic N) is 1. The lowest BCUT2D eigenvalue weighted by atomic mass is 10.1. The molecular weight excluding hydrogens is 212 g/mol. The molecule has 0 aromatic carbocycles. The molecule has 0 spiro atoms. The predicted octanol–water partition coefficient (Wildman–Crippen LogP) is -0.0376. The van der Waals surface area contributed by atoms with Crippen LogP contribution in [-0.2, 0) is 9.84 Å². The van der Waals surface area contributed by atoms with Crippen molar-refractivity contribution in [1.82, 2.24) is 10.2 Å². The molecule has 1 aliphatic heterocycles. The van der Waals surface area contributed by atoms with Gasteiger partial charge in [-0.05, 0) is 32.5 Å². The van der Waals surface area contributed by atoms with E-state index in [1.165, 1.54) is 0 Å². The number of hydrogen-bond acceptors (Lipinski definition) is 4. The molecule has 1 N–H and O–H groups in total.